The Morgan fingerprint density at radius 1 is 1.19 bits per heavy atom. The van der Waals surface area contributed by atoms with Crippen molar-refractivity contribution in [3.05, 3.63) is 35.9 Å². The molecule has 0 amide bonds. The molecule has 2 aliphatic rings. The first-order valence-corrected chi connectivity index (χ1v) is 8.05. The molecule has 4 nitrogen and oxygen atoms in total. The van der Waals surface area contributed by atoms with Crippen LogP contribution in [0.4, 0.5) is 0 Å². The quantitative estimate of drug-likeness (QED) is 0.912. The van der Waals surface area contributed by atoms with Gasteiger partial charge in [0.2, 0.25) is 0 Å². The van der Waals surface area contributed by atoms with Gasteiger partial charge in [-0.3, -0.25) is 0 Å². The maximum Gasteiger partial charge on any atom is 0.0995 e. The molecule has 2 fully saturated rings. The van der Waals surface area contributed by atoms with Gasteiger partial charge in [-0.2, -0.15) is 0 Å². The van der Waals surface area contributed by atoms with Crippen molar-refractivity contribution in [2.24, 2.45) is 5.92 Å². The zero-order valence-corrected chi connectivity index (χ0v) is 12.2. The monoisotopic (exact) mass is 286 g/mol. The van der Waals surface area contributed by atoms with Gasteiger partial charge in [-0.1, -0.05) is 12.5 Å². The average Bonchev–Trinajstić information content (AvgIpc) is 3.22. The minimum Gasteiger partial charge on any atom is -0.393 e. The molecule has 3 atom stereocenters. The number of rotatable bonds is 3. The van der Waals surface area contributed by atoms with Crippen molar-refractivity contribution in [2.75, 3.05) is 0 Å². The first kappa shape index (κ1) is 13.3. The van der Waals surface area contributed by atoms with E-state index in [1.54, 1.807) is 6.33 Å². The fraction of sp³-hybridized carbons (Fsp3) is 0.588. The van der Waals surface area contributed by atoms with Crippen LogP contribution in [0, 0.1) is 5.92 Å². The number of aliphatic hydroxyl groups excluding tert-OH is 2. The molecule has 0 aliphatic heterocycles. The molecule has 21 heavy (non-hydrogen) atoms. The second-order valence-electron chi connectivity index (χ2n) is 6.66. The van der Waals surface area contributed by atoms with Crippen LogP contribution in [0.1, 0.15) is 61.8 Å². The van der Waals surface area contributed by atoms with E-state index in [1.807, 2.05) is 10.6 Å². The molecule has 2 N–H and O–H groups in total. The Morgan fingerprint density at radius 2 is 2.05 bits per heavy atom. The molecule has 2 aliphatic carbocycles. The lowest BCUT2D eigenvalue weighted by Gasteiger charge is -2.31. The molecule has 3 unspecified atom stereocenters. The summed E-state index contributed by atoms with van der Waals surface area (Å²) in [5.74, 6) is 0.745. The lowest BCUT2D eigenvalue weighted by molar-refractivity contribution is 0.0260. The van der Waals surface area contributed by atoms with Crippen LogP contribution < -0.4 is 0 Å². The van der Waals surface area contributed by atoms with Gasteiger partial charge in [-0.15, -0.1) is 0 Å². The Bertz CT molecular complexity index is 647. The highest BCUT2D eigenvalue weighted by Gasteiger charge is 2.34. The summed E-state index contributed by atoms with van der Waals surface area (Å²) in [5.41, 5.74) is 3.31. The van der Waals surface area contributed by atoms with Crippen LogP contribution in [0.3, 0.4) is 0 Å². The zero-order chi connectivity index (χ0) is 14.4. The van der Waals surface area contributed by atoms with Crippen molar-refractivity contribution < 1.29 is 10.2 Å². The number of aromatic nitrogens is 2. The van der Waals surface area contributed by atoms with Crippen LogP contribution in [0.2, 0.25) is 0 Å². The van der Waals surface area contributed by atoms with Crippen LogP contribution in [0.25, 0.3) is 5.52 Å². The summed E-state index contributed by atoms with van der Waals surface area (Å²) in [4.78, 5) is 4.23. The number of fused-ring (bicyclic) bond motifs is 1. The van der Waals surface area contributed by atoms with E-state index in [4.69, 9.17) is 0 Å². The van der Waals surface area contributed by atoms with E-state index in [0.717, 1.165) is 30.5 Å². The summed E-state index contributed by atoms with van der Waals surface area (Å²) in [5, 5.41) is 20.9. The minimum absolute atomic E-state index is 0.152. The molecule has 0 aromatic carbocycles. The Labute approximate surface area is 124 Å². The lowest BCUT2D eigenvalue weighted by atomic mass is 9.81. The molecule has 2 saturated carbocycles. The molecular weight excluding hydrogens is 264 g/mol. The molecule has 4 rings (SSSR count). The Balaban J connectivity index is 1.76. The number of pyridine rings is 1. The summed E-state index contributed by atoms with van der Waals surface area (Å²) in [6.07, 6.45) is 8.87. The van der Waals surface area contributed by atoms with E-state index in [-0.39, 0.29) is 12.0 Å². The van der Waals surface area contributed by atoms with E-state index in [0.29, 0.717) is 12.3 Å². The maximum atomic E-state index is 11.0. The van der Waals surface area contributed by atoms with Crippen LogP contribution in [0.15, 0.2) is 24.7 Å². The fourth-order valence-corrected chi connectivity index (χ4v) is 3.79. The largest absolute Gasteiger partial charge is 0.393 e. The Morgan fingerprint density at radius 3 is 2.81 bits per heavy atom. The lowest BCUT2D eigenvalue weighted by Crippen LogP contribution is -2.26. The first-order chi connectivity index (χ1) is 10.2. The molecule has 0 bridgehead atoms. The number of hydrogen-bond donors (Lipinski definition) is 2. The van der Waals surface area contributed by atoms with Gasteiger partial charge in [-0.25, -0.2) is 4.98 Å². The SMILES string of the molecule is OC1CCCC(C(O)c2c(C3CC3)ccc3cncn23)C1. The van der Waals surface area contributed by atoms with Crippen molar-refractivity contribution in [3.8, 4) is 0 Å². The van der Waals surface area contributed by atoms with Gasteiger partial charge < -0.3 is 14.6 Å². The second kappa shape index (κ2) is 5.11. The molecule has 0 saturated heterocycles. The predicted molar refractivity (Wildman–Crippen MR) is 80.1 cm³/mol. The summed E-state index contributed by atoms with van der Waals surface area (Å²) in [6, 6.07) is 4.25. The first-order valence-electron chi connectivity index (χ1n) is 8.05. The molecule has 112 valence electrons. The van der Waals surface area contributed by atoms with Crippen LogP contribution in [0.5, 0.6) is 0 Å². The van der Waals surface area contributed by atoms with Gasteiger partial charge in [0.1, 0.15) is 0 Å². The van der Waals surface area contributed by atoms with Gasteiger partial charge in [0.15, 0.2) is 0 Å². The highest BCUT2D eigenvalue weighted by atomic mass is 16.3. The number of imidazole rings is 1. The van der Waals surface area contributed by atoms with E-state index in [9.17, 15) is 10.2 Å². The smallest absolute Gasteiger partial charge is 0.0995 e. The van der Waals surface area contributed by atoms with Crippen molar-refractivity contribution in [3.63, 3.8) is 0 Å². The number of aliphatic hydroxyl groups is 2. The summed E-state index contributed by atoms with van der Waals surface area (Å²) in [7, 11) is 0. The number of nitrogens with zero attached hydrogens (tertiary/aromatic N) is 2. The van der Waals surface area contributed by atoms with E-state index >= 15 is 0 Å². The molecule has 2 heterocycles. The molecule has 0 radical (unpaired) electrons. The second-order valence-corrected chi connectivity index (χ2v) is 6.66. The highest BCUT2D eigenvalue weighted by molar-refractivity contribution is 5.50. The third-order valence-corrected chi connectivity index (χ3v) is 5.09. The van der Waals surface area contributed by atoms with Crippen LogP contribution in [-0.4, -0.2) is 25.7 Å². The molecule has 2 aromatic heterocycles. The normalized spacial score (nSPS) is 27.9. The molecule has 0 spiro atoms. The number of hydrogen-bond acceptors (Lipinski definition) is 3. The summed E-state index contributed by atoms with van der Waals surface area (Å²) in [6.45, 7) is 0. The molecule has 2 aromatic rings. The predicted octanol–water partition coefficient (Wildman–Crippen LogP) is 2.80. The van der Waals surface area contributed by atoms with Crippen molar-refractivity contribution in [1.82, 2.24) is 9.38 Å². The van der Waals surface area contributed by atoms with Crippen LogP contribution >= 0.6 is 0 Å². The molecule has 4 heteroatoms. The summed E-state index contributed by atoms with van der Waals surface area (Å²) >= 11 is 0. The third-order valence-electron chi connectivity index (χ3n) is 5.09. The van der Waals surface area contributed by atoms with Gasteiger partial charge >= 0.3 is 0 Å². The Hall–Kier alpha value is -1.39. The molecular formula is C17H22N2O2. The van der Waals surface area contributed by atoms with Gasteiger partial charge in [0, 0.05) is 0 Å². The minimum atomic E-state index is -0.506. The highest BCUT2D eigenvalue weighted by Crippen LogP contribution is 2.45. The average molecular weight is 286 g/mol. The summed E-state index contributed by atoms with van der Waals surface area (Å²) < 4.78 is 2.04. The van der Waals surface area contributed by atoms with E-state index in [2.05, 4.69) is 17.1 Å². The Kier molecular flexibility index (Phi) is 3.23. The van der Waals surface area contributed by atoms with E-state index in [1.165, 1.54) is 18.4 Å². The van der Waals surface area contributed by atoms with Crippen molar-refractivity contribution >= 4 is 5.52 Å². The van der Waals surface area contributed by atoms with Crippen molar-refractivity contribution in [2.45, 2.75) is 56.7 Å². The van der Waals surface area contributed by atoms with E-state index < -0.39 is 6.10 Å². The zero-order valence-electron chi connectivity index (χ0n) is 12.2. The topological polar surface area (TPSA) is 57.8 Å². The van der Waals surface area contributed by atoms with Gasteiger partial charge in [0.05, 0.1) is 35.9 Å². The standard InChI is InChI=1S/C17H22N2O2/c20-14-3-1-2-12(8-14)17(21)16-15(11-4-5-11)7-6-13-9-18-10-19(13)16/h6-7,9-12,14,17,20-21H,1-5,8H2. The van der Waals surface area contributed by atoms with Crippen molar-refractivity contribution in [1.29, 1.82) is 0 Å². The van der Waals surface area contributed by atoms with Gasteiger partial charge in [0.25, 0.3) is 0 Å². The van der Waals surface area contributed by atoms with Gasteiger partial charge in [-0.05, 0) is 55.6 Å². The fourth-order valence-electron chi connectivity index (χ4n) is 3.79. The van der Waals surface area contributed by atoms with Crippen LogP contribution in [-0.2, 0) is 0 Å². The third kappa shape index (κ3) is 2.36. The maximum absolute atomic E-state index is 11.0.